The molecule has 7 nitrogen and oxygen atoms in total. The second kappa shape index (κ2) is 9.47. The van der Waals surface area contributed by atoms with Crippen LogP contribution in [0, 0.1) is 5.82 Å². The van der Waals surface area contributed by atoms with Crippen molar-refractivity contribution in [3.8, 4) is 11.5 Å². The summed E-state index contributed by atoms with van der Waals surface area (Å²) in [6, 6.07) is 15.0. The van der Waals surface area contributed by atoms with E-state index in [1.54, 1.807) is 0 Å². The lowest BCUT2D eigenvalue weighted by Crippen LogP contribution is -2.50. The van der Waals surface area contributed by atoms with Crippen LogP contribution >= 0.6 is 11.6 Å². The summed E-state index contributed by atoms with van der Waals surface area (Å²) in [5, 5.41) is 9.78. The Balaban J connectivity index is 1.30. The minimum Gasteiger partial charge on any atom is -0.484 e. The molecule has 0 saturated heterocycles. The number of hydrogen-bond acceptors (Lipinski definition) is 5. The van der Waals surface area contributed by atoms with Gasteiger partial charge in [-0.15, -0.1) is 0 Å². The number of carbonyl (C=O) groups is 3. The monoisotopic (exact) mass is 507 g/mol. The summed E-state index contributed by atoms with van der Waals surface area (Å²) in [5.41, 5.74) is 2.08. The minimum absolute atomic E-state index is 0.0356. The Hall–Kier alpha value is -4.17. The van der Waals surface area contributed by atoms with Gasteiger partial charge in [0.05, 0.1) is 10.6 Å². The molecule has 0 radical (unpaired) electrons. The SMILES string of the molecule is O=C1C(=Cc2c(F)cccc2Cl)Oc2cc(OCC(=O)N3Cc4ccccc4CC3C(=O)O)ccc21. The van der Waals surface area contributed by atoms with E-state index in [-0.39, 0.29) is 46.4 Å². The molecule has 0 fully saturated rings. The Morgan fingerprint density at radius 1 is 1.14 bits per heavy atom. The number of carboxylic acids is 1. The number of amides is 1. The van der Waals surface area contributed by atoms with Crippen LogP contribution in [0.15, 0.2) is 66.4 Å². The average molecular weight is 508 g/mol. The van der Waals surface area contributed by atoms with E-state index in [0.717, 1.165) is 11.1 Å². The number of halogens is 2. The number of allylic oxidation sites excluding steroid dienone is 1. The first kappa shape index (κ1) is 23.6. The number of Topliss-reactive ketones (excluding diaryl/α,β-unsaturated/α-hetero) is 1. The molecule has 182 valence electrons. The molecule has 0 spiro atoms. The van der Waals surface area contributed by atoms with Gasteiger partial charge in [0.15, 0.2) is 12.4 Å². The molecular formula is C27H19ClFNO6. The molecule has 1 atom stereocenters. The molecule has 0 aromatic heterocycles. The van der Waals surface area contributed by atoms with Crippen LogP contribution in [-0.2, 0) is 22.6 Å². The summed E-state index contributed by atoms with van der Waals surface area (Å²) in [7, 11) is 0. The fraction of sp³-hybridized carbons (Fsp3) is 0.148. The standard InChI is InChI=1S/C27H19ClFNO6/c28-20-6-3-7-21(29)19(20)12-24-26(32)18-9-8-17(11-23(18)36-24)35-14-25(31)30-13-16-5-2-1-4-15(16)10-22(30)27(33)34/h1-9,11-12,22H,10,13-14H2,(H,33,34). The van der Waals surface area contributed by atoms with Gasteiger partial charge >= 0.3 is 5.97 Å². The normalized spacial score (nSPS) is 17.4. The van der Waals surface area contributed by atoms with E-state index in [4.69, 9.17) is 21.1 Å². The topological polar surface area (TPSA) is 93.1 Å². The van der Waals surface area contributed by atoms with Crippen LogP contribution in [-0.4, -0.2) is 40.3 Å². The Kier molecular flexibility index (Phi) is 6.20. The molecule has 3 aromatic rings. The summed E-state index contributed by atoms with van der Waals surface area (Å²) >= 11 is 6.04. The van der Waals surface area contributed by atoms with Crippen molar-refractivity contribution in [3.63, 3.8) is 0 Å². The lowest BCUT2D eigenvalue weighted by molar-refractivity contribution is -0.152. The fourth-order valence-corrected chi connectivity index (χ4v) is 4.49. The van der Waals surface area contributed by atoms with E-state index in [9.17, 15) is 23.9 Å². The zero-order chi connectivity index (χ0) is 25.4. The van der Waals surface area contributed by atoms with E-state index in [2.05, 4.69) is 0 Å². The highest BCUT2D eigenvalue weighted by molar-refractivity contribution is 6.32. The van der Waals surface area contributed by atoms with Gasteiger partial charge in [-0.05, 0) is 41.5 Å². The molecular weight excluding hydrogens is 489 g/mol. The van der Waals surface area contributed by atoms with Crippen molar-refractivity contribution >= 4 is 35.3 Å². The summed E-state index contributed by atoms with van der Waals surface area (Å²) in [4.78, 5) is 38.7. The van der Waals surface area contributed by atoms with E-state index < -0.39 is 36.1 Å². The van der Waals surface area contributed by atoms with Gasteiger partial charge in [-0.3, -0.25) is 9.59 Å². The molecule has 9 heteroatoms. The maximum absolute atomic E-state index is 14.1. The van der Waals surface area contributed by atoms with Crippen molar-refractivity contribution in [2.24, 2.45) is 0 Å². The zero-order valence-electron chi connectivity index (χ0n) is 18.7. The van der Waals surface area contributed by atoms with Gasteiger partial charge in [0.1, 0.15) is 23.4 Å². The van der Waals surface area contributed by atoms with Gasteiger partial charge in [0.25, 0.3) is 5.91 Å². The van der Waals surface area contributed by atoms with Crippen molar-refractivity contribution in [3.05, 3.63) is 99.5 Å². The highest BCUT2D eigenvalue weighted by Crippen LogP contribution is 2.36. The molecule has 0 saturated carbocycles. The molecule has 0 aliphatic carbocycles. The van der Waals surface area contributed by atoms with E-state index in [1.807, 2.05) is 24.3 Å². The van der Waals surface area contributed by atoms with Gasteiger partial charge in [-0.25, -0.2) is 9.18 Å². The van der Waals surface area contributed by atoms with Crippen LogP contribution < -0.4 is 9.47 Å². The highest BCUT2D eigenvalue weighted by Gasteiger charge is 2.35. The lowest BCUT2D eigenvalue weighted by Gasteiger charge is -2.34. The van der Waals surface area contributed by atoms with Crippen LogP contribution in [0.25, 0.3) is 6.08 Å². The lowest BCUT2D eigenvalue weighted by atomic mass is 9.94. The molecule has 5 rings (SSSR count). The third-order valence-electron chi connectivity index (χ3n) is 6.13. The third kappa shape index (κ3) is 4.43. The maximum Gasteiger partial charge on any atom is 0.326 e. The number of aliphatic carboxylic acids is 1. The second-order valence-corrected chi connectivity index (χ2v) is 8.78. The molecule has 1 N–H and O–H groups in total. The van der Waals surface area contributed by atoms with E-state index in [0.29, 0.717) is 0 Å². The van der Waals surface area contributed by atoms with Gasteiger partial charge in [0.2, 0.25) is 5.78 Å². The molecule has 36 heavy (non-hydrogen) atoms. The first-order valence-corrected chi connectivity index (χ1v) is 11.4. The van der Waals surface area contributed by atoms with Gasteiger partial charge in [0, 0.05) is 24.6 Å². The van der Waals surface area contributed by atoms with Crippen LogP contribution in [0.4, 0.5) is 4.39 Å². The van der Waals surface area contributed by atoms with E-state index >= 15 is 0 Å². The molecule has 0 bridgehead atoms. The van der Waals surface area contributed by atoms with Crippen molar-refractivity contribution in [1.29, 1.82) is 0 Å². The summed E-state index contributed by atoms with van der Waals surface area (Å²) in [6.45, 7) is -0.226. The van der Waals surface area contributed by atoms with Crippen molar-refractivity contribution in [2.45, 2.75) is 19.0 Å². The molecule has 2 heterocycles. The highest BCUT2D eigenvalue weighted by atomic mass is 35.5. The van der Waals surface area contributed by atoms with Crippen molar-refractivity contribution in [1.82, 2.24) is 4.90 Å². The molecule has 1 unspecified atom stereocenters. The Morgan fingerprint density at radius 2 is 1.92 bits per heavy atom. The number of nitrogens with zero attached hydrogens (tertiary/aromatic N) is 1. The largest absolute Gasteiger partial charge is 0.484 e. The summed E-state index contributed by atoms with van der Waals surface area (Å²) in [5.74, 6) is -2.25. The minimum atomic E-state index is -1.09. The number of ketones is 1. The molecule has 1 amide bonds. The number of carboxylic acid groups (broad SMARTS) is 1. The number of hydrogen-bond donors (Lipinski definition) is 1. The summed E-state index contributed by atoms with van der Waals surface area (Å²) < 4.78 is 25.4. The first-order chi connectivity index (χ1) is 17.3. The van der Waals surface area contributed by atoms with Crippen LogP contribution in [0.2, 0.25) is 5.02 Å². The predicted molar refractivity (Wildman–Crippen MR) is 128 cm³/mol. The van der Waals surface area contributed by atoms with Gasteiger partial charge in [-0.2, -0.15) is 0 Å². The smallest absolute Gasteiger partial charge is 0.326 e. The third-order valence-corrected chi connectivity index (χ3v) is 6.46. The van der Waals surface area contributed by atoms with Crippen LogP contribution in [0.3, 0.4) is 0 Å². The van der Waals surface area contributed by atoms with Gasteiger partial charge < -0.3 is 19.5 Å². The number of benzene rings is 3. The van der Waals surface area contributed by atoms with Crippen LogP contribution in [0.1, 0.15) is 27.0 Å². The molecule has 2 aliphatic heterocycles. The Morgan fingerprint density at radius 3 is 2.67 bits per heavy atom. The maximum atomic E-state index is 14.1. The number of rotatable bonds is 5. The molecule has 2 aliphatic rings. The fourth-order valence-electron chi connectivity index (χ4n) is 4.27. The molecule has 3 aromatic carbocycles. The summed E-state index contributed by atoms with van der Waals surface area (Å²) in [6.07, 6.45) is 1.46. The quantitative estimate of drug-likeness (QED) is 0.511. The number of fused-ring (bicyclic) bond motifs is 2. The Labute approximate surface area is 210 Å². The van der Waals surface area contributed by atoms with Crippen molar-refractivity contribution in [2.75, 3.05) is 6.61 Å². The van der Waals surface area contributed by atoms with Gasteiger partial charge in [-0.1, -0.05) is 41.9 Å². The van der Waals surface area contributed by atoms with Crippen molar-refractivity contribution < 1.29 is 33.4 Å². The number of ether oxygens (including phenoxy) is 2. The number of carbonyl (C=O) groups excluding carboxylic acids is 2. The predicted octanol–water partition coefficient (Wildman–Crippen LogP) is 4.51. The van der Waals surface area contributed by atoms with E-state index in [1.165, 1.54) is 47.4 Å². The second-order valence-electron chi connectivity index (χ2n) is 8.37. The first-order valence-electron chi connectivity index (χ1n) is 11.1. The average Bonchev–Trinajstić information content (AvgIpc) is 3.18. The Bertz CT molecular complexity index is 1420. The zero-order valence-corrected chi connectivity index (χ0v) is 19.5. The van der Waals surface area contributed by atoms with Crippen LogP contribution in [0.5, 0.6) is 11.5 Å².